The molecule has 7 rings (SSSR count). The fraction of sp³-hybridized carbons (Fsp3) is 0.439. The summed E-state index contributed by atoms with van der Waals surface area (Å²) in [7, 11) is 0. The average Bonchev–Trinajstić information content (AvgIpc) is 3.57. The van der Waals surface area contributed by atoms with Crippen molar-refractivity contribution in [2.45, 2.75) is 163 Å². The predicted molar refractivity (Wildman–Crippen MR) is 271 cm³/mol. The molecule has 0 saturated carbocycles. The van der Waals surface area contributed by atoms with E-state index >= 15 is 0 Å². The van der Waals surface area contributed by atoms with E-state index < -0.39 is 0 Å². The second-order valence-corrected chi connectivity index (χ2v) is 24.7. The van der Waals surface area contributed by atoms with E-state index in [2.05, 4.69) is 224 Å². The molecule has 0 saturated heterocycles. The summed E-state index contributed by atoms with van der Waals surface area (Å²) in [5.74, 6) is 0. The lowest BCUT2D eigenvalue weighted by Gasteiger charge is -2.42. The minimum absolute atomic E-state index is 0.00337. The van der Waals surface area contributed by atoms with Crippen LogP contribution in [0.1, 0.15) is 163 Å². The second-order valence-electron chi connectivity index (χ2n) is 23.4. The van der Waals surface area contributed by atoms with Gasteiger partial charge in [-0.25, -0.2) is 0 Å². The molecule has 0 amide bonds. The maximum atomic E-state index is 8.15. The van der Waals surface area contributed by atoms with Crippen LogP contribution >= 0.6 is 22.9 Å². The number of rotatable bonds is 6. The highest BCUT2D eigenvalue weighted by Crippen LogP contribution is 2.53. The van der Waals surface area contributed by atoms with Crippen LogP contribution in [0.4, 0.5) is 34.1 Å². The first kappa shape index (κ1) is 45.0. The molecule has 1 aromatic heterocycles. The summed E-state index contributed by atoms with van der Waals surface area (Å²) < 4.78 is 1.27. The van der Waals surface area contributed by atoms with E-state index in [-0.39, 0.29) is 32.5 Å². The molecule has 4 heteroatoms. The molecule has 0 fully saturated rings. The standard InChI is InChI=1S/C57H71ClN2S/c1-36-27-47(59(41-20-18-19-37(30-41)52(2,3)4)43-31-39(54(8,9)10)29-40(32-43)55(11,12)13)51(58)48(28-36)60(49-35-61-50-24-21-38(33-44(49)50)53(5,6)7)42-22-23-45-46(34-42)57(16,17)26-25-56(45,14)15/h18-24,27-35H,25-26H2,1-17H3. The summed E-state index contributed by atoms with van der Waals surface area (Å²) in [6, 6.07) is 35.1. The molecule has 0 aliphatic heterocycles. The van der Waals surface area contributed by atoms with Gasteiger partial charge in [-0.15, -0.1) is 11.3 Å². The summed E-state index contributed by atoms with van der Waals surface area (Å²) in [4.78, 5) is 4.90. The summed E-state index contributed by atoms with van der Waals surface area (Å²) >= 11 is 9.96. The van der Waals surface area contributed by atoms with Crippen molar-refractivity contribution in [1.82, 2.24) is 0 Å². The zero-order chi connectivity index (χ0) is 44.8. The van der Waals surface area contributed by atoms with Crippen LogP contribution in [0, 0.1) is 6.92 Å². The van der Waals surface area contributed by atoms with Crippen LogP contribution < -0.4 is 9.80 Å². The first-order chi connectivity index (χ1) is 28.1. The molecule has 0 radical (unpaired) electrons. The number of aryl methyl sites for hydroxylation is 1. The van der Waals surface area contributed by atoms with Crippen LogP contribution in [-0.2, 0) is 32.5 Å². The maximum Gasteiger partial charge on any atom is 0.0887 e. The molecule has 61 heavy (non-hydrogen) atoms. The Morgan fingerprint density at radius 2 is 1.00 bits per heavy atom. The third-order valence-corrected chi connectivity index (χ3v) is 14.6. The Morgan fingerprint density at radius 1 is 0.492 bits per heavy atom. The van der Waals surface area contributed by atoms with Crippen molar-refractivity contribution >= 4 is 67.1 Å². The van der Waals surface area contributed by atoms with Gasteiger partial charge in [0.1, 0.15) is 0 Å². The van der Waals surface area contributed by atoms with Crippen LogP contribution in [-0.4, -0.2) is 0 Å². The molecule has 1 aliphatic rings. The van der Waals surface area contributed by atoms with Crippen molar-refractivity contribution in [3.63, 3.8) is 0 Å². The van der Waals surface area contributed by atoms with Gasteiger partial charge in [0.15, 0.2) is 0 Å². The van der Waals surface area contributed by atoms with E-state index in [1.165, 1.54) is 49.9 Å². The monoisotopic (exact) mass is 851 g/mol. The van der Waals surface area contributed by atoms with Crippen molar-refractivity contribution in [3.8, 4) is 0 Å². The van der Waals surface area contributed by atoms with E-state index in [0.717, 1.165) is 46.1 Å². The first-order valence-electron chi connectivity index (χ1n) is 22.4. The number of fused-ring (bicyclic) bond motifs is 2. The number of hydrogen-bond donors (Lipinski definition) is 0. The van der Waals surface area contributed by atoms with Gasteiger partial charge < -0.3 is 9.80 Å². The summed E-state index contributed by atoms with van der Waals surface area (Å²) in [6.07, 6.45) is 2.32. The normalized spacial score (nSPS) is 15.5. The number of thiophene rings is 1. The Bertz CT molecular complexity index is 2580. The van der Waals surface area contributed by atoms with Crippen molar-refractivity contribution in [1.29, 1.82) is 0 Å². The lowest BCUT2D eigenvalue weighted by molar-refractivity contribution is 0.332. The van der Waals surface area contributed by atoms with Crippen molar-refractivity contribution < 1.29 is 0 Å². The van der Waals surface area contributed by atoms with Crippen molar-refractivity contribution in [2.24, 2.45) is 0 Å². The largest absolute Gasteiger partial charge is 0.309 e. The SMILES string of the molecule is Cc1cc(N(c2cccc(C(C)(C)C)c2)c2cc(C(C)(C)C)cc(C(C)(C)C)c2)c(Cl)c(N(c2ccc3c(c2)C(C)(C)CCC3(C)C)c2csc3ccc(C(C)(C)C)cc23)c1. The minimum Gasteiger partial charge on any atom is -0.309 e. The second kappa shape index (κ2) is 15.3. The van der Waals surface area contributed by atoms with Gasteiger partial charge >= 0.3 is 0 Å². The average molecular weight is 852 g/mol. The van der Waals surface area contributed by atoms with Gasteiger partial charge in [-0.05, 0) is 152 Å². The Labute approximate surface area is 378 Å². The van der Waals surface area contributed by atoms with Gasteiger partial charge in [-0.3, -0.25) is 0 Å². The van der Waals surface area contributed by atoms with Gasteiger partial charge in [0.25, 0.3) is 0 Å². The molecule has 1 aliphatic carbocycles. The molecular weight excluding hydrogens is 780 g/mol. The number of hydrogen-bond acceptors (Lipinski definition) is 3. The Hall–Kier alpha value is -4.05. The van der Waals surface area contributed by atoms with Gasteiger partial charge in [-0.2, -0.15) is 0 Å². The highest BCUT2D eigenvalue weighted by atomic mass is 35.5. The van der Waals surface area contributed by atoms with Crippen LogP contribution in [0.2, 0.25) is 5.02 Å². The molecule has 322 valence electrons. The van der Waals surface area contributed by atoms with E-state index in [9.17, 15) is 0 Å². The summed E-state index contributed by atoms with van der Waals surface area (Å²) in [6.45, 7) is 39.6. The lowest BCUT2D eigenvalue weighted by atomic mass is 9.63. The summed E-state index contributed by atoms with van der Waals surface area (Å²) in [5.41, 5.74) is 15.7. The number of benzene rings is 5. The van der Waals surface area contributed by atoms with Crippen LogP contribution in [0.15, 0.2) is 96.4 Å². The highest BCUT2D eigenvalue weighted by Gasteiger charge is 2.38. The molecule has 0 spiro atoms. The van der Waals surface area contributed by atoms with Crippen LogP contribution in [0.3, 0.4) is 0 Å². The number of halogens is 1. The highest BCUT2D eigenvalue weighted by molar-refractivity contribution is 7.17. The molecule has 1 heterocycles. The van der Waals surface area contributed by atoms with Crippen molar-refractivity contribution in [3.05, 3.63) is 140 Å². The van der Waals surface area contributed by atoms with Gasteiger partial charge in [-0.1, -0.05) is 153 Å². The molecule has 0 atom stereocenters. The lowest BCUT2D eigenvalue weighted by Crippen LogP contribution is -2.34. The van der Waals surface area contributed by atoms with Gasteiger partial charge in [0, 0.05) is 32.5 Å². The van der Waals surface area contributed by atoms with Gasteiger partial charge in [0.2, 0.25) is 0 Å². The van der Waals surface area contributed by atoms with Crippen LogP contribution in [0.25, 0.3) is 10.1 Å². The molecule has 5 aromatic carbocycles. The maximum absolute atomic E-state index is 8.15. The predicted octanol–water partition coefficient (Wildman–Crippen LogP) is 18.3. The third kappa shape index (κ3) is 8.81. The number of anilines is 6. The zero-order valence-electron chi connectivity index (χ0n) is 40.3. The van der Waals surface area contributed by atoms with Gasteiger partial charge in [0.05, 0.1) is 22.1 Å². The third-order valence-electron chi connectivity index (χ3n) is 13.3. The zero-order valence-corrected chi connectivity index (χ0v) is 41.9. The Balaban J connectivity index is 1.57. The van der Waals surface area contributed by atoms with Crippen LogP contribution in [0.5, 0.6) is 0 Å². The smallest absolute Gasteiger partial charge is 0.0887 e. The van der Waals surface area contributed by atoms with E-state index in [4.69, 9.17) is 11.6 Å². The fourth-order valence-corrected chi connectivity index (χ4v) is 10.2. The molecule has 0 N–H and O–H groups in total. The quantitative estimate of drug-likeness (QED) is 0.165. The van der Waals surface area contributed by atoms with Crippen molar-refractivity contribution in [2.75, 3.05) is 9.80 Å². The van der Waals surface area contributed by atoms with E-state index in [1.807, 2.05) is 11.3 Å². The Morgan fingerprint density at radius 3 is 1.57 bits per heavy atom. The molecular formula is C57H71ClN2S. The number of nitrogens with zero attached hydrogens (tertiary/aromatic N) is 2. The Kier molecular flexibility index (Phi) is 11.3. The van der Waals surface area contributed by atoms with E-state index in [0.29, 0.717) is 5.02 Å². The minimum atomic E-state index is -0.0615. The molecule has 2 nitrogen and oxygen atoms in total. The summed E-state index contributed by atoms with van der Waals surface area (Å²) in [5, 5.41) is 4.31. The first-order valence-corrected chi connectivity index (χ1v) is 23.7. The molecule has 0 unspecified atom stereocenters. The topological polar surface area (TPSA) is 6.48 Å². The molecule has 6 aromatic rings. The molecule has 0 bridgehead atoms. The van der Waals surface area contributed by atoms with E-state index in [1.54, 1.807) is 0 Å². The fourth-order valence-electron chi connectivity index (χ4n) is 8.98.